The van der Waals surface area contributed by atoms with Crippen molar-refractivity contribution in [2.75, 3.05) is 6.54 Å². The van der Waals surface area contributed by atoms with E-state index in [4.69, 9.17) is 0 Å². The fraction of sp³-hybridized carbons (Fsp3) is 0.400. The number of rotatable bonds is 6. The van der Waals surface area contributed by atoms with Crippen LogP contribution in [0.15, 0.2) is 41.9 Å². The normalized spacial score (nSPS) is 14.3. The largest absolute Gasteiger partial charge is 0.308 e. The van der Waals surface area contributed by atoms with Crippen LogP contribution in [0.1, 0.15) is 42.8 Å². The van der Waals surface area contributed by atoms with Gasteiger partial charge in [-0.2, -0.15) is 0 Å². The zero-order chi connectivity index (χ0) is 12.8. The number of hydrogen-bond acceptors (Lipinski definition) is 3. The maximum Gasteiger partial charge on any atom is 0.109 e. The molecule has 96 valence electrons. The summed E-state index contributed by atoms with van der Waals surface area (Å²) >= 11 is 1.73. The molecule has 0 saturated carbocycles. The molecular weight excluding hydrogens is 240 g/mol. The minimum absolute atomic E-state index is 0.366. The molecule has 0 fully saturated rings. The number of thiazole rings is 1. The molecular formula is C15H20N2S. The van der Waals surface area contributed by atoms with Crippen LogP contribution in [0.5, 0.6) is 0 Å². The summed E-state index contributed by atoms with van der Waals surface area (Å²) in [6.07, 6.45) is 2.98. The molecule has 0 bridgehead atoms. The summed E-state index contributed by atoms with van der Waals surface area (Å²) < 4.78 is 0. The van der Waals surface area contributed by atoms with Gasteiger partial charge in [-0.15, -0.1) is 11.3 Å². The highest BCUT2D eigenvalue weighted by molar-refractivity contribution is 7.09. The number of benzene rings is 1. The zero-order valence-corrected chi connectivity index (χ0v) is 11.8. The van der Waals surface area contributed by atoms with Crippen molar-refractivity contribution < 1.29 is 0 Å². The van der Waals surface area contributed by atoms with Gasteiger partial charge in [0.15, 0.2) is 0 Å². The SMILES string of the molecule is CCNC(CC(C)c1ccccc1)c1nccs1. The molecule has 1 heterocycles. The molecule has 1 aromatic heterocycles. The Morgan fingerprint density at radius 3 is 2.67 bits per heavy atom. The standard InChI is InChI=1S/C15H20N2S/c1-3-16-14(15-17-9-10-18-15)11-12(2)13-7-5-4-6-8-13/h4-10,12,14,16H,3,11H2,1-2H3. The number of hydrogen-bond donors (Lipinski definition) is 1. The quantitative estimate of drug-likeness (QED) is 0.849. The van der Waals surface area contributed by atoms with E-state index in [2.05, 4.69) is 54.5 Å². The number of nitrogens with one attached hydrogen (secondary N) is 1. The van der Waals surface area contributed by atoms with Gasteiger partial charge in [0.05, 0.1) is 6.04 Å². The molecule has 2 unspecified atom stereocenters. The van der Waals surface area contributed by atoms with Crippen LogP contribution in [0.25, 0.3) is 0 Å². The van der Waals surface area contributed by atoms with Crippen LogP contribution >= 0.6 is 11.3 Å². The average molecular weight is 260 g/mol. The van der Waals surface area contributed by atoms with Crippen LogP contribution in [-0.4, -0.2) is 11.5 Å². The molecule has 2 atom stereocenters. The third-order valence-electron chi connectivity index (χ3n) is 3.16. The molecule has 1 aromatic carbocycles. The van der Waals surface area contributed by atoms with Crippen LogP contribution in [0.3, 0.4) is 0 Å². The lowest BCUT2D eigenvalue weighted by Crippen LogP contribution is -2.22. The van der Waals surface area contributed by atoms with Gasteiger partial charge in [-0.3, -0.25) is 0 Å². The average Bonchev–Trinajstić information content (AvgIpc) is 2.93. The van der Waals surface area contributed by atoms with Crippen molar-refractivity contribution in [3.63, 3.8) is 0 Å². The van der Waals surface area contributed by atoms with E-state index in [-0.39, 0.29) is 0 Å². The minimum atomic E-state index is 0.366. The van der Waals surface area contributed by atoms with Crippen molar-refractivity contribution in [2.45, 2.75) is 32.2 Å². The molecule has 2 rings (SSSR count). The highest BCUT2D eigenvalue weighted by atomic mass is 32.1. The Labute approximate surface area is 113 Å². The molecule has 0 radical (unpaired) electrons. The molecule has 0 aliphatic carbocycles. The van der Waals surface area contributed by atoms with E-state index < -0.39 is 0 Å². The summed E-state index contributed by atoms with van der Waals surface area (Å²) in [5, 5.41) is 6.78. The second kappa shape index (κ2) is 6.66. The van der Waals surface area contributed by atoms with Crippen molar-refractivity contribution in [3.05, 3.63) is 52.5 Å². The van der Waals surface area contributed by atoms with Gasteiger partial charge in [0.2, 0.25) is 0 Å². The zero-order valence-electron chi connectivity index (χ0n) is 11.0. The fourth-order valence-corrected chi connectivity index (χ4v) is 2.92. The van der Waals surface area contributed by atoms with E-state index in [1.165, 1.54) is 10.6 Å². The van der Waals surface area contributed by atoms with Gasteiger partial charge >= 0.3 is 0 Å². The fourth-order valence-electron chi connectivity index (χ4n) is 2.20. The van der Waals surface area contributed by atoms with E-state index in [1.54, 1.807) is 11.3 Å². The highest BCUT2D eigenvalue weighted by Crippen LogP contribution is 2.28. The lowest BCUT2D eigenvalue weighted by atomic mass is 9.94. The van der Waals surface area contributed by atoms with Crippen molar-refractivity contribution in [1.82, 2.24) is 10.3 Å². The third-order valence-corrected chi connectivity index (χ3v) is 4.05. The summed E-state index contributed by atoms with van der Waals surface area (Å²) in [5.41, 5.74) is 1.40. The Kier molecular flexibility index (Phi) is 4.90. The van der Waals surface area contributed by atoms with E-state index in [9.17, 15) is 0 Å². The van der Waals surface area contributed by atoms with Crippen molar-refractivity contribution >= 4 is 11.3 Å². The predicted octanol–water partition coefficient (Wildman–Crippen LogP) is 3.99. The van der Waals surface area contributed by atoms with Crippen LogP contribution in [0.2, 0.25) is 0 Å². The summed E-state index contributed by atoms with van der Waals surface area (Å²) in [4.78, 5) is 4.44. The summed E-state index contributed by atoms with van der Waals surface area (Å²) in [5.74, 6) is 0.541. The van der Waals surface area contributed by atoms with E-state index in [1.807, 2.05) is 11.6 Å². The Hall–Kier alpha value is -1.19. The highest BCUT2D eigenvalue weighted by Gasteiger charge is 2.17. The molecule has 2 nitrogen and oxygen atoms in total. The van der Waals surface area contributed by atoms with Crippen molar-refractivity contribution in [1.29, 1.82) is 0 Å². The third kappa shape index (κ3) is 3.40. The molecule has 0 aliphatic rings. The first-order valence-corrected chi connectivity index (χ1v) is 7.37. The van der Waals surface area contributed by atoms with Gasteiger partial charge in [-0.1, -0.05) is 44.2 Å². The van der Waals surface area contributed by atoms with E-state index in [0.717, 1.165) is 13.0 Å². The van der Waals surface area contributed by atoms with Crippen LogP contribution < -0.4 is 5.32 Å². The monoisotopic (exact) mass is 260 g/mol. The van der Waals surface area contributed by atoms with Gasteiger partial charge in [-0.25, -0.2) is 4.98 Å². The van der Waals surface area contributed by atoms with Gasteiger partial charge < -0.3 is 5.32 Å². The Morgan fingerprint density at radius 1 is 1.28 bits per heavy atom. The van der Waals surface area contributed by atoms with Crippen LogP contribution in [-0.2, 0) is 0 Å². The Morgan fingerprint density at radius 2 is 2.06 bits per heavy atom. The van der Waals surface area contributed by atoms with Gasteiger partial charge in [0.1, 0.15) is 5.01 Å². The topological polar surface area (TPSA) is 24.9 Å². The first-order chi connectivity index (χ1) is 8.81. The Balaban J connectivity index is 2.05. The van der Waals surface area contributed by atoms with Crippen molar-refractivity contribution in [2.24, 2.45) is 0 Å². The summed E-state index contributed by atoms with van der Waals surface area (Å²) in [7, 11) is 0. The minimum Gasteiger partial charge on any atom is -0.308 e. The summed E-state index contributed by atoms with van der Waals surface area (Å²) in [6, 6.07) is 11.1. The number of aromatic nitrogens is 1. The molecule has 18 heavy (non-hydrogen) atoms. The summed E-state index contributed by atoms with van der Waals surface area (Å²) in [6.45, 7) is 5.41. The van der Waals surface area contributed by atoms with Crippen LogP contribution in [0.4, 0.5) is 0 Å². The molecule has 1 N–H and O–H groups in total. The second-order valence-corrected chi connectivity index (χ2v) is 5.45. The molecule has 2 aromatic rings. The molecule has 0 spiro atoms. The van der Waals surface area contributed by atoms with E-state index in [0.29, 0.717) is 12.0 Å². The second-order valence-electron chi connectivity index (χ2n) is 4.53. The lowest BCUT2D eigenvalue weighted by Gasteiger charge is -2.20. The predicted molar refractivity (Wildman–Crippen MR) is 78.0 cm³/mol. The van der Waals surface area contributed by atoms with Crippen LogP contribution in [0, 0.1) is 0 Å². The molecule has 3 heteroatoms. The molecule has 0 aliphatic heterocycles. The van der Waals surface area contributed by atoms with Crippen molar-refractivity contribution in [3.8, 4) is 0 Å². The first-order valence-electron chi connectivity index (χ1n) is 6.49. The van der Waals surface area contributed by atoms with E-state index >= 15 is 0 Å². The maximum atomic E-state index is 4.44. The maximum absolute atomic E-state index is 4.44. The smallest absolute Gasteiger partial charge is 0.109 e. The lowest BCUT2D eigenvalue weighted by molar-refractivity contribution is 0.475. The molecule has 0 saturated heterocycles. The van der Waals surface area contributed by atoms with Gasteiger partial charge in [0, 0.05) is 11.6 Å². The molecule has 0 amide bonds. The first kappa shape index (κ1) is 13.2. The Bertz CT molecular complexity index is 439. The van der Waals surface area contributed by atoms with Gasteiger partial charge in [0.25, 0.3) is 0 Å². The van der Waals surface area contributed by atoms with Gasteiger partial charge in [-0.05, 0) is 24.4 Å². The number of nitrogens with zero attached hydrogens (tertiary/aromatic N) is 1.